The van der Waals surface area contributed by atoms with Crippen LogP contribution in [-0.4, -0.2) is 58.8 Å². The van der Waals surface area contributed by atoms with Crippen LogP contribution in [0.2, 0.25) is 0 Å². The first kappa shape index (κ1) is 18.8. The Bertz CT molecular complexity index is 837. The van der Waals surface area contributed by atoms with E-state index in [-0.39, 0.29) is 24.0 Å². The van der Waals surface area contributed by atoms with E-state index in [1.807, 2.05) is 6.92 Å². The smallest absolute Gasteiger partial charge is 0.347 e. The zero-order valence-electron chi connectivity index (χ0n) is 13.9. The summed E-state index contributed by atoms with van der Waals surface area (Å²) >= 11 is 0. The van der Waals surface area contributed by atoms with Gasteiger partial charge in [0.15, 0.2) is 0 Å². The molecule has 0 aromatic carbocycles. The molecule has 1 aliphatic rings. The highest BCUT2D eigenvalue weighted by Gasteiger charge is 2.37. The third-order valence-electron chi connectivity index (χ3n) is 4.36. The Balaban J connectivity index is 1.85. The maximum atomic E-state index is 12.8. The Kier molecular flexibility index (Phi) is 5.04. The minimum Gasteiger partial charge on any atom is -0.347 e. The van der Waals surface area contributed by atoms with Gasteiger partial charge in [-0.15, -0.1) is 0 Å². The Morgan fingerprint density at radius 1 is 1.27 bits per heavy atom. The second-order valence-electron chi connectivity index (χ2n) is 5.86. The predicted molar refractivity (Wildman–Crippen MR) is 86.6 cm³/mol. The number of aromatic amines is 1. The van der Waals surface area contributed by atoms with Gasteiger partial charge < -0.3 is 4.98 Å². The monoisotopic (exact) mass is 389 g/mol. The number of sulfonamides is 1. The molecule has 0 unspecified atom stereocenters. The summed E-state index contributed by atoms with van der Waals surface area (Å²) < 4.78 is 64.8. The predicted octanol–water partition coefficient (Wildman–Crippen LogP) is 1.89. The number of H-pyrrole nitrogens is 1. The zero-order chi connectivity index (χ0) is 18.9. The quantitative estimate of drug-likeness (QED) is 0.864. The molecule has 142 valence electrons. The van der Waals surface area contributed by atoms with Crippen molar-refractivity contribution in [3.63, 3.8) is 0 Å². The van der Waals surface area contributed by atoms with Gasteiger partial charge >= 0.3 is 6.18 Å². The molecule has 3 rings (SSSR count). The van der Waals surface area contributed by atoms with E-state index in [9.17, 15) is 21.6 Å². The van der Waals surface area contributed by atoms with Crippen molar-refractivity contribution in [2.24, 2.45) is 0 Å². The lowest BCUT2D eigenvalue weighted by molar-refractivity contribution is -0.141. The van der Waals surface area contributed by atoms with E-state index in [4.69, 9.17) is 0 Å². The van der Waals surface area contributed by atoms with Gasteiger partial charge in [-0.3, -0.25) is 9.88 Å². The molecule has 1 atom stereocenters. The molecule has 26 heavy (non-hydrogen) atoms. The molecule has 0 spiro atoms. The molecule has 2 aromatic heterocycles. The normalized spacial score (nSPS) is 20.4. The van der Waals surface area contributed by atoms with Crippen molar-refractivity contribution in [2.45, 2.75) is 24.0 Å². The second kappa shape index (κ2) is 6.97. The van der Waals surface area contributed by atoms with Crippen LogP contribution in [0.25, 0.3) is 0 Å². The van der Waals surface area contributed by atoms with Gasteiger partial charge in [0.25, 0.3) is 0 Å². The molecule has 11 heteroatoms. The molecule has 1 saturated heterocycles. The number of nitrogens with one attached hydrogen (secondary N) is 1. The van der Waals surface area contributed by atoms with Gasteiger partial charge in [-0.2, -0.15) is 17.5 Å². The van der Waals surface area contributed by atoms with E-state index < -0.39 is 21.9 Å². The van der Waals surface area contributed by atoms with Gasteiger partial charge in [-0.05, 0) is 18.7 Å². The zero-order valence-corrected chi connectivity index (χ0v) is 14.8. The fraction of sp³-hybridized carbons (Fsp3) is 0.467. The van der Waals surface area contributed by atoms with Gasteiger partial charge in [0.2, 0.25) is 10.0 Å². The maximum absolute atomic E-state index is 12.8. The standard InChI is InChI=1S/C15H18F3N5O2S/c1-2-22-7-8-23(10-12(22)14-19-5-6-20-14)26(24,25)11-3-4-13(21-9-11)15(16,17)18/h3-6,9,12H,2,7-8,10H2,1H3,(H,19,20)/t12-/m0/s1. The van der Waals surface area contributed by atoms with Gasteiger partial charge in [-0.25, -0.2) is 13.4 Å². The highest BCUT2D eigenvalue weighted by molar-refractivity contribution is 7.89. The molecule has 0 saturated carbocycles. The minimum atomic E-state index is -4.61. The third kappa shape index (κ3) is 3.60. The van der Waals surface area contributed by atoms with Crippen LogP contribution >= 0.6 is 0 Å². The molecule has 0 bridgehead atoms. The number of imidazole rings is 1. The molecule has 1 aliphatic heterocycles. The summed E-state index contributed by atoms with van der Waals surface area (Å²) in [7, 11) is -3.94. The van der Waals surface area contributed by atoms with Gasteiger partial charge in [0.05, 0.1) is 6.04 Å². The van der Waals surface area contributed by atoms with Crippen LogP contribution in [0.4, 0.5) is 13.2 Å². The van der Waals surface area contributed by atoms with Crippen LogP contribution in [0, 0.1) is 0 Å². The molecule has 0 amide bonds. The van der Waals surface area contributed by atoms with Gasteiger partial charge in [-0.1, -0.05) is 6.92 Å². The summed E-state index contributed by atoms with van der Waals surface area (Å²) in [4.78, 5) is 12.3. The van der Waals surface area contributed by atoms with Crippen molar-refractivity contribution in [3.8, 4) is 0 Å². The van der Waals surface area contributed by atoms with E-state index in [0.29, 0.717) is 18.4 Å². The van der Waals surface area contributed by atoms with E-state index >= 15 is 0 Å². The fourth-order valence-electron chi connectivity index (χ4n) is 2.96. The molecular weight excluding hydrogens is 371 g/mol. The number of likely N-dealkylation sites (N-methyl/N-ethyl adjacent to an activating group) is 1. The van der Waals surface area contributed by atoms with E-state index in [0.717, 1.165) is 18.8 Å². The van der Waals surface area contributed by atoms with E-state index in [1.165, 1.54) is 4.31 Å². The molecule has 0 radical (unpaired) electrons. The number of pyridine rings is 1. The lowest BCUT2D eigenvalue weighted by Crippen LogP contribution is -2.50. The number of hydrogen-bond acceptors (Lipinski definition) is 5. The number of nitrogens with zero attached hydrogens (tertiary/aromatic N) is 4. The van der Waals surface area contributed by atoms with Crippen LogP contribution in [0.1, 0.15) is 24.5 Å². The number of alkyl halides is 3. The molecule has 2 aromatic rings. The first-order valence-electron chi connectivity index (χ1n) is 8.00. The number of piperazine rings is 1. The Hall–Kier alpha value is -1.98. The molecule has 0 aliphatic carbocycles. The van der Waals surface area contributed by atoms with Crippen LogP contribution in [0.15, 0.2) is 35.6 Å². The van der Waals surface area contributed by atoms with Crippen molar-refractivity contribution in [3.05, 3.63) is 42.2 Å². The van der Waals surface area contributed by atoms with E-state index in [2.05, 4.69) is 19.9 Å². The highest BCUT2D eigenvalue weighted by atomic mass is 32.2. The number of aromatic nitrogens is 3. The summed E-state index contributed by atoms with van der Waals surface area (Å²) in [5.41, 5.74) is -1.12. The maximum Gasteiger partial charge on any atom is 0.433 e. The molecule has 7 nitrogen and oxygen atoms in total. The van der Waals surface area contributed by atoms with Gasteiger partial charge in [0, 0.05) is 38.2 Å². The summed E-state index contributed by atoms with van der Waals surface area (Å²) in [6.45, 7) is 3.59. The van der Waals surface area contributed by atoms with Crippen LogP contribution < -0.4 is 0 Å². The van der Waals surface area contributed by atoms with Crippen molar-refractivity contribution in [1.82, 2.24) is 24.2 Å². The Morgan fingerprint density at radius 3 is 2.58 bits per heavy atom. The van der Waals surface area contributed by atoms with Crippen molar-refractivity contribution >= 4 is 10.0 Å². The SMILES string of the molecule is CCN1CCN(S(=O)(=O)c2ccc(C(F)(F)F)nc2)C[C@H]1c1ncc[nH]1. The average molecular weight is 389 g/mol. The molecule has 3 heterocycles. The van der Waals surface area contributed by atoms with Crippen LogP contribution in [0.3, 0.4) is 0 Å². The van der Waals surface area contributed by atoms with Crippen LogP contribution in [-0.2, 0) is 16.2 Å². The summed E-state index contributed by atoms with van der Waals surface area (Å²) in [6, 6.07) is 1.37. The Morgan fingerprint density at radius 2 is 2.04 bits per heavy atom. The van der Waals surface area contributed by atoms with Crippen LogP contribution in [0.5, 0.6) is 0 Å². The molecular formula is C15H18F3N5O2S. The molecule has 1 N–H and O–H groups in total. The minimum absolute atomic E-state index is 0.157. The van der Waals surface area contributed by atoms with Crippen molar-refractivity contribution in [2.75, 3.05) is 26.2 Å². The first-order chi connectivity index (χ1) is 12.2. The van der Waals surface area contributed by atoms with Crippen molar-refractivity contribution in [1.29, 1.82) is 0 Å². The second-order valence-corrected chi connectivity index (χ2v) is 7.80. The lowest BCUT2D eigenvalue weighted by Gasteiger charge is -2.39. The number of rotatable bonds is 4. The number of halogens is 3. The van der Waals surface area contributed by atoms with Crippen molar-refractivity contribution < 1.29 is 21.6 Å². The Labute approximate surface area is 148 Å². The summed E-state index contributed by atoms with van der Waals surface area (Å²) in [5, 5.41) is 0. The molecule has 1 fully saturated rings. The number of hydrogen-bond donors (Lipinski definition) is 1. The third-order valence-corrected chi connectivity index (χ3v) is 6.21. The average Bonchev–Trinajstić information content (AvgIpc) is 3.15. The van der Waals surface area contributed by atoms with Gasteiger partial charge in [0.1, 0.15) is 16.4 Å². The largest absolute Gasteiger partial charge is 0.433 e. The summed E-state index contributed by atoms with van der Waals surface area (Å²) in [6.07, 6.45) is -0.599. The van der Waals surface area contributed by atoms with E-state index in [1.54, 1.807) is 12.4 Å². The summed E-state index contributed by atoms with van der Waals surface area (Å²) in [5.74, 6) is 0.650. The first-order valence-corrected chi connectivity index (χ1v) is 9.44. The topological polar surface area (TPSA) is 82.2 Å². The lowest BCUT2D eigenvalue weighted by atomic mass is 10.2. The highest BCUT2D eigenvalue weighted by Crippen LogP contribution is 2.30. The fourth-order valence-corrected chi connectivity index (χ4v) is 4.34.